The van der Waals surface area contributed by atoms with Crippen LogP contribution in [0.4, 0.5) is 28.7 Å². The van der Waals surface area contributed by atoms with Gasteiger partial charge in [0.05, 0.1) is 61.2 Å². The van der Waals surface area contributed by atoms with Gasteiger partial charge in [0.2, 0.25) is 5.82 Å². The predicted molar refractivity (Wildman–Crippen MR) is 154 cm³/mol. The van der Waals surface area contributed by atoms with Crippen LogP contribution in [-0.2, 0) is 24.6 Å². The number of aryl methyl sites for hydroxylation is 1. The van der Waals surface area contributed by atoms with E-state index in [4.69, 9.17) is 26.0 Å². The molecule has 0 amide bonds. The number of nitrogens with one attached hydrogen (secondary N) is 1. The number of aromatic nitrogens is 7. The number of methoxy groups -OCH3 is 2. The molecular formula is C28H29N11O2. The Bertz CT molecular complexity index is 1690. The molecule has 1 atom stereocenters. The maximum Gasteiger partial charge on any atom is 0.312 e. The SMILES string of the molecule is [C-]#[N+]c1nc(Cc2cc(Nc3cccc(-c4nnn(C)n4)c3OC)c3c(n2)CC(C)=N3)cnc1N1CC[C@@H](OC)C1. The van der Waals surface area contributed by atoms with Crippen LogP contribution in [0.2, 0.25) is 0 Å². The lowest BCUT2D eigenvalue weighted by atomic mass is 10.1. The van der Waals surface area contributed by atoms with Crippen molar-refractivity contribution in [3.05, 3.63) is 59.0 Å². The zero-order valence-corrected chi connectivity index (χ0v) is 23.3. The Morgan fingerprint density at radius 3 is 2.78 bits per heavy atom. The summed E-state index contributed by atoms with van der Waals surface area (Å²) >= 11 is 0. The number of rotatable bonds is 8. The molecule has 2 aliphatic rings. The van der Waals surface area contributed by atoms with Gasteiger partial charge in [-0.15, -0.1) is 15.2 Å². The first-order valence-corrected chi connectivity index (χ1v) is 13.2. The number of benzene rings is 1. The van der Waals surface area contributed by atoms with Gasteiger partial charge in [-0.25, -0.2) is 4.98 Å². The van der Waals surface area contributed by atoms with Gasteiger partial charge in [-0.1, -0.05) is 12.6 Å². The van der Waals surface area contributed by atoms with Crippen molar-refractivity contribution in [3.63, 3.8) is 0 Å². The molecule has 1 aromatic carbocycles. The van der Waals surface area contributed by atoms with Crippen molar-refractivity contribution in [3.8, 4) is 17.1 Å². The molecule has 1 fully saturated rings. The molecule has 0 aliphatic carbocycles. The van der Waals surface area contributed by atoms with E-state index in [1.165, 1.54) is 4.80 Å². The van der Waals surface area contributed by atoms with Crippen LogP contribution in [0.15, 0.2) is 35.5 Å². The fourth-order valence-electron chi connectivity index (χ4n) is 5.21. The molecule has 0 radical (unpaired) electrons. The average molecular weight is 552 g/mol. The van der Waals surface area contributed by atoms with Crippen molar-refractivity contribution in [2.45, 2.75) is 32.3 Å². The van der Waals surface area contributed by atoms with Crippen molar-refractivity contribution in [2.24, 2.45) is 12.0 Å². The summed E-state index contributed by atoms with van der Waals surface area (Å²) in [6, 6.07) is 7.69. The summed E-state index contributed by atoms with van der Waals surface area (Å²) in [4.78, 5) is 26.1. The van der Waals surface area contributed by atoms with Gasteiger partial charge in [-0.3, -0.25) is 9.98 Å². The Kier molecular flexibility index (Phi) is 6.98. The van der Waals surface area contributed by atoms with E-state index < -0.39 is 0 Å². The molecular weight excluding hydrogens is 522 g/mol. The molecule has 208 valence electrons. The zero-order chi connectivity index (χ0) is 28.5. The number of para-hydroxylation sites is 1. The first-order chi connectivity index (χ1) is 19.9. The number of hydrogen-bond donors (Lipinski definition) is 1. The molecule has 5 heterocycles. The summed E-state index contributed by atoms with van der Waals surface area (Å²) in [6.07, 6.45) is 3.84. The Morgan fingerprint density at radius 2 is 2.05 bits per heavy atom. The minimum atomic E-state index is 0.137. The quantitative estimate of drug-likeness (QED) is 0.322. The second-order valence-corrected chi connectivity index (χ2v) is 9.98. The molecule has 4 aromatic rings. The van der Waals surface area contributed by atoms with Crippen LogP contribution in [0.25, 0.3) is 16.2 Å². The number of fused-ring (bicyclic) bond motifs is 1. The van der Waals surface area contributed by atoms with Gasteiger partial charge in [-0.05, 0) is 36.8 Å². The van der Waals surface area contributed by atoms with Crippen molar-refractivity contribution >= 4 is 34.4 Å². The fraction of sp³-hybridized carbons (Fsp3) is 0.357. The van der Waals surface area contributed by atoms with Crippen LogP contribution >= 0.6 is 0 Å². The standard InChI is InChI=1S/C28H29N11O2/c1-16-11-22-24(31-16)23(34-21-8-6-7-20(25(21)41-5)26-35-37-38(3)36-26)13-17(32-22)12-18-14-30-28(27(29-2)33-18)39-10-9-19(15-39)40-4/h6-8,13-14,19H,9-12,15H2,1,3-5H3,(H,32,34)/t19-/m1/s1. The number of nitrogens with zero attached hydrogens (tertiary/aromatic N) is 10. The lowest BCUT2D eigenvalue weighted by Gasteiger charge is -2.18. The van der Waals surface area contributed by atoms with E-state index in [9.17, 15) is 0 Å². The highest BCUT2D eigenvalue weighted by molar-refractivity contribution is 5.95. The highest BCUT2D eigenvalue weighted by Gasteiger charge is 2.27. The predicted octanol–water partition coefficient (Wildman–Crippen LogP) is 3.83. The van der Waals surface area contributed by atoms with Gasteiger partial charge in [0.25, 0.3) is 0 Å². The van der Waals surface area contributed by atoms with Crippen molar-refractivity contribution in [2.75, 3.05) is 37.5 Å². The molecule has 41 heavy (non-hydrogen) atoms. The van der Waals surface area contributed by atoms with Gasteiger partial charge in [0, 0.05) is 32.3 Å². The number of tetrazole rings is 1. The minimum absolute atomic E-state index is 0.137. The molecule has 0 spiro atoms. The van der Waals surface area contributed by atoms with Crippen molar-refractivity contribution in [1.29, 1.82) is 0 Å². The number of pyridine rings is 1. The summed E-state index contributed by atoms with van der Waals surface area (Å²) in [5.41, 5.74) is 6.36. The summed E-state index contributed by atoms with van der Waals surface area (Å²) in [7, 11) is 5.04. The normalized spacial score (nSPS) is 15.9. The van der Waals surface area contributed by atoms with Gasteiger partial charge in [0.1, 0.15) is 5.69 Å². The lowest BCUT2D eigenvalue weighted by Crippen LogP contribution is -2.23. The Morgan fingerprint density at radius 1 is 1.17 bits per heavy atom. The maximum atomic E-state index is 7.72. The van der Waals surface area contributed by atoms with Crippen molar-refractivity contribution in [1.82, 2.24) is 35.2 Å². The minimum Gasteiger partial charge on any atom is -0.494 e. The molecule has 1 saturated heterocycles. The molecule has 0 saturated carbocycles. The smallest absolute Gasteiger partial charge is 0.312 e. The lowest BCUT2D eigenvalue weighted by molar-refractivity contribution is 0.121. The van der Waals surface area contributed by atoms with Crippen LogP contribution in [0, 0.1) is 6.57 Å². The van der Waals surface area contributed by atoms with Gasteiger partial charge >= 0.3 is 5.82 Å². The molecule has 2 aliphatic heterocycles. The topological polar surface area (TPSA) is 133 Å². The van der Waals surface area contributed by atoms with Crippen LogP contribution < -0.4 is 15.0 Å². The van der Waals surface area contributed by atoms with Crippen LogP contribution in [0.3, 0.4) is 0 Å². The molecule has 0 bridgehead atoms. The first-order valence-electron chi connectivity index (χ1n) is 13.2. The maximum absolute atomic E-state index is 7.72. The average Bonchev–Trinajstić information content (AvgIpc) is 3.72. The molecule has 1 N–H and O–H groups in total. The molecule has 13 nitrogen and oxygen atoms in total. The highest BCUT2D eigenvalue weighted by Crippen LogP contribution is 2.41. The number of anilines is 3. The number of ether oxygens (including phenoxy) is 2. The summed E-state index contributed by atoms with van der Waals surface area (Å²) in [6.45, 7) is 11.2. The molecule has 6 rings (SSSR count). The van der Waals surface area contributed by atoms with Crippen molar-refractivity contribution < 1.29 is 9.47 Å². The van der Waals surface area contributed by atoms with E-state index in [-0.39, 0.29) is 11.9 Å². The van der Waals surface area contributed by atoms with E-state index in [1.54, 1.807) is 27.5 Å². The second kappa shape index (κ2) is 10.9. The fourth-order valence-corrected chi connectivity index (χ4v) is 5.21. The third-order valence-electron chi connectivity index (χ3n) is 7.11. The second-order valence-electron chi connectivity index (χ2n) is 9.98. The first kappa shape index (κ1) is 26.3. The molecule has 0 unspecified atom stereocenters. The Labute approximate surface area is 237 Å². The third-order valence-corrected chi connectivity index (χ3v) is 7.11. The number of aliphatic imine (C=N–C) groups is 1. The Balaban J connectivity index is 1.32. The van der Waals surface area contributed by atoms with Crippen LogP contribution in [-0.4, -0.2) is 74.3 Å². The van der Waals surface area contributed by atoms with E-state index in [0.717, 1.165) is 47.1 Å². The van der Waals surface area contributed by atoms with Gasteiger partial charge in [-0.2, -0.15) is 4.80 Å². The third kappa shape index (κ3) is 5.17. The van der Waals surface area contributed by atoms with E-state index in [1.807, 2.05) is 31.2 Å². The van der Waals surface area contributed by atoms with Gasteiger partial charge in [0.15, 0.2) is 17.3 Å². The number of hydrogen-bond acceptors (Lipinski definition) is 11. The van der Waals surface area contributed by atoms with E-state index >= 15 is 0 Å². The Hall–Kier alpha value is -4.96. The monoisotopic (exact) mass is 551 g/mol. The summed E-state index contributed by atoms with van der Waals surface area (Å²) < 4.78 is 11.3. The van der Waals surface area contributed by atoms with E-state index in [2.05, 4.69) is 40.4 Å². The summed E-state index contributed by atoms with van der Waals surface area (Å²) in [5.74, 6) is 1.94. The zero-order valence-electron chi connectivity index (χ0n) is 23.3. The largest absolute Gasteiger partial charge is 0.494 e. The van der Waals surface area contributed by atoms with Gasteiger partial charge < -0.3 is 24.5 Å². The molecule has 3 aromatic heterocycles. The van der Waals surface area contributed by atoms with Crippen LogP contribution in [0.1, 0.15) is 30.4 Å². The highest BCUT2D eigenvalue weighted by atomic mass is 16.5. The van der Waals surface area contributed by atoms with E-state index in [0.29, 0.717) is 48.0 Å². The summed E-state index contributed by atoms with van der Waals surface area (Å²) in [5, 5.41) is 15.9. The molecule has 13 heteroatoms. The van der Waals surface area contributed by atoms with Crippen LogP contribution in [0.5, 0.6) is 5.75 Å².